The number of halogens is 1. The van der Waals surface area contributed by atoms with Crippen LogP contribution < -0.4 is 0 Å². The van der Waals surface area contributed by atoms with E-state index in [1.807, 2.05) is 0 Å². The van der Waals surface area contributed by atoms with E-state index in [1.165, 1.54) is 7.11 Å². The smallest absolute Gasteiger partial charge is 0.305 e. The second-order valence-corrected chi connectivity index (χ2v) is 7.09. The van der Waals surface area contributed by atoms with Crippen molar-refractivity contribution in [2.45, 2.75) is 32.0 Å². The Morgan fingerprint density at radius 3 is 2.45 bits per heavy atom. The molecule has 0 saturated heterocycles. The van der Waals surface area contributed by atoms with Gasteiger partial charge in [-0.15, -0.1) is 0 Å². The average molecular weight is 178 g/mol. The second-order valence-electron chi connectivity index (χ2n) is 3.15. The van der Waals surface area contributed by atoms with Crippen molar-refractivity contribution in [1.29, 1.82) is 0 Å². The Kier molecular flexibility index (Phi) is 4.33. The van der Waals surface area contributed by atoms with Crippen molar-refractivity contribution in [3.05, 3.63) is 0 Å². The van der Waals surface area contributed by atoms with E-state index in [2.05, 4.69) is 4.74 Å². The third-order valence-electron chi connectivity index (χ3n) is 1.38. The summed E-state index contributed by atoms with van der Waals surface area (Å²) in [5, 5.41) is 0. The molecule has 0 unspecified atom stereocenters. The zero-order valence-electron chi connectivity index (χ0n) is 7.32. The molecule has 0 atom stereocenters. The van der Waals surface area contributed by atoms with Crippen molar-refractivity contribution in [3.63, 3.8) is 0 Å². The van der Waals surface area contributed by atoms with Crippen LogP contribution in [-0.2, 0) is 9.53 Å². The van der Waals surface area contributed by atoms with Gasteiger partial charge in [-0.3, -0.25) is 4.79 Å². The van der Waals surface area contributed by atoms with E-state index in [0.717, 1.165) is 0 Å². The molecule has 0 amide bonds. The summed E-state index contributed by atoms with van der Waals surface area (Å²) in [5.41, 5.74) is 0. The molecule has 0 aliphatic carbocycles. The minimum atomic E-state index is -2.44. The molecule has 0 aliphatic rings. The minimum absolute atomic E-state index is 0.247. The summed E-state index contributed by atoms with van der Waals surface area (Å²) >= 11 is 0. The number of hydrogen-bond donors (Lipinski definition) is 0. The summed E-state index contributed by atoms with van der Waals surface area (Å²) in [5.74, 6) is -0.247. The van der Waals surface area contributed by atoms with Crippen molar-refractivity contribution in [3.8, 4) is 0 Å². The van der Waals surface area contributed by atoms with Gasteiger partial charge in [0, 0.05) is 6.42 Å². The maximum Gasteiger partial charge on any atom is 0.305 e. The number of hydrogen-bond acceptors (Lipinski definition) is 2. The molecular weight excluding hydrogens is 163 g/mol. The van der Waals surface area contributed by atoms with Crippen LogP contribution in [0.25, 0.3) is 0 Å². The first-order chi connectivity index (χ1) is 4.95. The molecule has 0 rings (SSSR count). The molecule has 11 heavy (non-hydrogen) atoms. The predicted octanol–water partition coefficient (Wildman–Crippen LogP) is 2.11. The zero-order valence-corrected chi connectivity index (χ0v) is 8.32. The summed E-state index contributed by atoms with van der Waals surface area (Å²) < 4.78 is 17.3. The molecule has 0 spiro atoms. The van der Waals surface area contributed by atoms with E-state index in [1.54, 1.807) is 13.1 Å². The summed E-state index contributed by atoms with van der Waals surface area (Å²) in [7, 11) is -1.10. The highest BCUT2D eigenvalue weighted by molar-refractivity contribution is 6.70. The van der Waals surface area contributed by atoms with Gasteiger partial charge in [-0.25, -0.2) is 0 Å². The van der Waals surface area contributed by atoms with Crippen LogP contribution in [0.15, 0.2) is 0 Å². The molecule has 0 saturated carbocycles. The van der Waals surface area contributed by atoms with Crippen LogP contribution >= 0.6 is 0 Å². The lowest BCUT2D eigenvalue weighted by Crippen LogP contribution is -2.17. The quantitative estimate of drug-likeness (QED) is 0.374. The van der Waals surface area contributed by atoms with Gasteiger partial charge < -0.3 is 8.84 Å². The number of carbonyl (C=O) groups is 1. The highest BCUT2D eigenvalue weighted by Gasteiger charge is 2.19. The van der Waals surface area contributed by atoms with Crippen LogP contribution in [0, 0.1) is 0 Å². The fraction of sp³-hybridized carbons (Fsp3) is 0.857. The van der Waals surface area contributed by atoms with E-state index in [9.17, 15) is 8.90 Å². The molecule has 0 bridgehead atoms. The highest BCUT2D eigenvalue weighted by Crippen LogP contribution is 2.14. The first-order valence-corrected chi connectivity index (χ1v) is 6.80. The molecule has 0 heterocycles. The fourth-order valence-electron chi connectivity index (χ4n) is 0.755. The monoisotopic (exact) mass is 178 g/mol. The van der Waals surface area contributed by atoms with Gasteiger partial charge in [0.1, 0.15) is 0 Å². The minimum Gasteiger partial charge on any atom is -0.469 e. The van der Waals surface area contributed by atoms with Crippen LogP contribution in [0.2, 0.25) is 19.1 Å². The van der Waals surface area contributed by atoms with Crippen molar-refractivity contribution in [2.75, 3.05) is 7.11 Å². The lowest BCUT2D eigenvalue weighted by Gasteiger charge is -2.08. The van der Waals surface area contributed by atoms with Crippen LogP contribution in [0.5, 0.6) is 0 Å². The van der Waals surface area contributed by atoms with E-state index >= 15 is 0 Å². The van der Waals surface area contributed by atoms with Gasteiger partial charge in [0.25, 0.3) is 0 Å². The maximum atomic E-state index is 12.9. The maximum absolute atomic E-state index is 12.9. The van der Waals surface area contributed by atoms with E-state index < -0.39 is 8.41 Å². The molecule has 0 fully saturated rings. The molecule has 0 N–H and O–H groups in total. The number of carbonyl (C=O) groups excluding carboxylic acids is 1. The summed E-state index contributed by atoms with van der Waals surface area (Å²) in [6, 6.07) is 0.544. The Morgan fingerprint density at radius 1 is 1.55 bits per heavy atom. The first-order valence-electron chi connectivity index (χ1n) is 3.71. The van der Waals surface area contributed by atoms with E-state index in [-0.39, 0.29) is 5.97 Å². The Balaban J connectivity index is 3.35. The Bertz CT molecular complexity index is 131. The van der Waals surface area contributed by atoms with Gasteiger partial charge in [-0.1, -0.05) is 0 Å². The summed E-state index contributed by atoms with van der Waals surface area (Å²) in [6.07, 6.45) is 0.958. The average Bonchev–Trinajstić information content (AvgIpc) is 1.85. The molecule has 0 aromatic rings. The Labute approximate surface area is 67.9 Å². The third-order valence-corrected chi connectivity index (χ3v) is 2.92. The zero-order chi connectivity index (χ0) is 8.91. The van der Waals surface area contributed by atoms with E-state index in [0.29, 0.717) is 18.9 Å². The summed E-state index contributed by atoms with van der Waals surface area (Å²) in [4.78, 5) is 10.6. The molecular formula is C7H15FO2Si. The number of methoxy groups -OCH3 is 1. The molecule has 2 nitrogen and oxygen atoms in total. The molecule has 0 radical (unpaired) electrons. The Morgan fingerprint density at radius 2 is 2.09 bits per heavy atom. The topological polar surface area (TPSA) is 26.3 Å². The number of ether oxygens (including phenoxy) is 1. The number of esters is 1. The van der Waals surface area contributed by atoms with Crippen molar-refractivity contribution >= 4 is 14.4 Å². The normalized spacial score (nSPS) is 11.3. The predicted molar refractivity (Wildman–Crippen MR) is 44.6 cm³/mol. The van der Waals surface area contributed by atoms with Crippen LogP contribution in [0.3, 0.4) is 0 Å². The highest BCUT2D eigenvalue weighted by atomic mass is 28.4. The van der Waals surface area contributed by atoms with Gasteiger partial charge in [-0.05, 0) is 25.6 Å². The standard InChI is InChI=1S/C7H15FO2Si/c1-10-7(9)5-4-6-11(2,3)8/h4-6H2,1-3H3. The lowest BCUT2D eigenvalue weighted by atomic mass is 10.3. The Hall–Kier alpha value is -0.383. The van der Waals surface area contributed by atoms with Gasteiger partial charge in [0.15, 0.2) is 0 Å². The SMILES string of the molecule is COC(=O)CCC[Si](C)(C)F. The molecule has 66 valence electrons. The van der Waals surface area contributed by atoms with Crippen molar-refractivity contribution in [2.24, 2.45) is 0 Å². The van der Waals surface area contributed by atoms with Crippen molar-refractivity contribution < 1.29 is 13.6 Å². The van der Waals surface area contributed by atoms with Gasteiger partial charge in [0.2, 0.25) is 8.41 Å². The van der Waals surface area contributed by atoms with Crippen LogP contribution in [-0.4, -0.2) is 21.5 Å². The molecule has 0 aliphatic heterocycles. The van der Waals surface area contributed by atoms with Gasteiger partial charge >= 0.3 is 5.97 Å². The third kappa shape index (κ3) is 7.51. The van der Waals surface area contributed by atoms with Crippen molar-refractivity contribution in [1.82, 2.24) is 0 Å². The second kappa shape index (κ2) is 4.49. The molecule has 4 heteroatoms. The summed E-state index contributed by atoms with van der Waals surface area (Å²) in [6.45, 7) is 3.29. The largest absolute Gasteiger partial charge is 0.469 e. The molecule has 0 aromatic heterocycles. The lowest BCUT2D eigenvalue weighted by molar-refractivity contribution is -0.140. The van der Waals surface area contributed by atoms with Crippen LogP contribution in [0.1, 0.15) is 12.8 Å². The van der Waals surface area contributed by atoms with Gasteiger partial charge in [0.05, 0.1) is 7.11 Å². The van der Waals surface area contributed by atoms with Gasteiger partial charge in [-0.2, -0.15) is 0 Å². The number of rotatable bonds is 4. The fourth-order valence-corrected chi connectivity index (χ4v) is 1.77. The van der Waals surface area contributed by atoms with Crippen LogP contribution in [0.4, 0.5) is 4.11 Å². The molecule has 0 aromatic carbocycles. The van der Waals surface area contributed by atoms with E-state index in [4.69, 9.17) is 0 Å². The first kappa shape index (κ1) is 10.6.